The number of thioether (sulfide) groups is 1. The Bertz CT molecular complexity index is 191. The molecule has 1 unspecified atom stereocenters. The molecule has 0 aromatic heterocycles. The smallest absolute Gasteiger partial charge is 0.0295 e. The summed E-state index contributed by atoms with van der Waals surface area (Å²) in [5.74, 6) is 0. The molecule has 1 fully saturated rings. The van der Waals surface area contributed by atoms with Crippen molar-refractivity contribution in [2.75, 3.05) is 6.54 Å². The molecule has 1 atom stereocenters. The van der Waals surface area contributed by atoms with Crippen LogP contribution in [-0.4, -0.2) is 16.5 Å². The first-order valence-corrected chi connectivity index (χ1v) is 7.31. The predicted molar refractivity (Wildman–Crippen MR) is 71.4 cm³/mol. The van der Waals surface area contributed by atoms with Crippen molar-refractivity contribution in [3.63, 3.8) is 0 Å². The summed E-state index contributed by atoms with van der Waals surface area (Å²) in [6.45, 7) is 10.1. The average Bonchev–Trinajstić information content (AvgIpc) is 2.22. The Labute approximate surface area is 99.6 Å². The summed E-state index contributed by atoms with van der Waals surface area (Å²) in [6, 6.07) is 0. The van der Waals surface area contributed by atoms with Crippen molar-refractivity contribution in [3.05, 3.63) is 0 Å². The van der Waals surface area contributed by atoms with Crippen molar-refractivity contribution >= 4 is 11.8 Å². The van der Waals surface area contributed by atoms with E-state index in [-0.39, 0.29) is 0 Å². The summed E-state index contributed by atoms with van der Waals surface area (Å²) in [7, 11) is 0. The van der Waals surface area contributed by atoms with Gasteiger partial charge in [0, 0.05) is 16.5 Å². The molecule has 1 aliphatic rings. The monoisotopic (exact) mass is 229 g/mol. The minimum atomic E-state index is 0.418. The Morgan fingerprint density at radius 2 is 1.73 bits per heavy atom. The summed E-state index contributed by atoms with van der Waals surface area (Å²) in [5, 5.41) is 0.764. The molecule has 0 amide bonds. The highest BCUT2D eigenvalue weighted by Crippen LogP contribution is 2.59. The number of nitrogens with two attached hydrogens (primary N) is 1. The van der Waals surface area contributed by atoms with Crippen molar-refractivity contribution in [2.24, 2.45) is 11.1 Å². The molecule has 0 bridgehead atoms. The van der Waals surface area contributed by atoms with E-state index < -0.39 is 0 Å². The van der Waals surface area contributed by atoms with Crippen LogP contribution in [0, 0.1) is 5.41 Å². The van der Waals surface area contributed by atoms with E-state index in [1.165, 1.54) is 32.1 Å². The Morgan fingerprint density at radius 3 is 2.07 bits per heavy atom. The molecule has 2 heteroatoms. The molecule has 0 heterocycles. The Hall–Kier alpha value is 0.310. The molecule has 0 radical (unpaired) electrons. The fourth-order valence-corrected chi connectivity index (χ4v) is 4.75. The third-order valence-electron chi connectivity index (χ3n) is 4.29. The Morgan fingerprint density at radius 1 is 1.20 bits per heavy atom. The lowest BCUT2D eigenvalue weighted by Crippen LogP contribution is -2.54. The summed E-state index contributed by atoms with van der Waals surface area (Å²) < 4.78 is 0.418. The standard InChI is InChI=1S/C13H27NS/c1-5-11(4)15-13(10-14)8-12(6-2,7-3)9-13/h11H,5-10,14H2,1-4H3. The molecular weight excluding hydrogens is 202 g/mol. The largest absolute Gasteiger partial charge is 0.329 e. The molecule has 1 nitrogen and oxygen atoms in total. The maximum Gasteiger partial charge on any atom is 0.0295 e. The fraction of sp³-hybridized carbons (Fsp3) is 1.00. The Kier molecular flexibility index (Phi) is 4.54. The van der Waals surface area contributed by atoms with Crippen LogP contribution in [0.5, 0.6) is 0 Å². The molecule has 1 rings (SSSR count). The van der Waals surface area contributed by atoms with Gasteiger partial charge in [0.05, 0.1) is 0 Å². The van der Waals surface area contributed by atoms with Crippen LogP contribution >= 0.6 is 11.8 Å². The minimum absolute atomic E-state index is 0.418. The van der Waals surface area contributed by atoms with Crippen LogP contribution in [0.1, 0.15) is 59.8 Å². The summed E-state index contributed by atoms with van der Waals surface area (Å²) >= 11 is 2.14. The molecule has 0 spiro atoms. The van der Waals surface area contributed by atoms with Gasteiger partial charge in [-0.3, -0.25) is 0 Å². The van der Waals surface area contributed by atoms with Gasteiger partial charge in [-0.25, -0.2) is 0 Å². The van der Waals surface area contributed by atoms with E-state index in [9.17, 15) is 0 Å². The third kappa shape index (κ3) is 2.71. The SMILES string of the molecule is CCC(C)SC1(CN)CC(CC)(CC)C1. The second kappa shape index (κ2) is 5.09. The third-order valence-corrected chi connectivity index (χ3v) is 5.98. The van der Waals surface area contributed by atoms with Crippen LogP contribution in [0.15, 0.2) is 0 Å². The number of hydrogen-bond donors (Lipinski definition) is 1. The molecule has 15 heavy (non-hydrogen) atoms. The van der Waals surface area contributed by atoms with E-state index >= 15 is 0 Å². The average molecular weight is 229 g/mol. The van der Waals surface area contributed by atoms with E-state index in [0.717, 1.165) is 11.8 Å². The first kappa shape index (κ1) is 13.4. The van der Waals surface area contributed by atoms with E-state index in [0.29, 0.717) is 10.2 Å². The second-order valence-corrected chi connectivity index (χ2v) is 7.19. The number of hydrogen-bond acceptors (Lipinski definition) is 2. The zero-order chi connectivity index (χ0) is 11.5. The lowest BCUT2D eigenvalue weighted by atomic mass is 9.58. The van der Waals surface area contributed by atoms with E-state index in [4.69, 9.17) is 5.73 Å². The minimum Gasteiger partial charge on any atom is -0.329 e. The molecule has 2 N–H and O–H groups in total. The molecule has 0 saturated heterocycles. The highest BCUT2D eigenvalue weighted by molar-refractivity contribution is 8.01. The van der Waals surface area contributed by atoms with Crippen LogP contribution in [0.3, 0.4) is 0 Å². The summed E-state index contributed by atoms with van der Waals surface area (Å²) in [5.41, 5.74) is 6.61. The van der Waals surface area contributed by atoms with Crippen LogP contribution < -0.4 is 5.73 Å². The van der Waals surface area contributed by atoms with Crippen molar-refractivity contribution in [1.29, 1.82) is 0 Å². The van der Waals surface area contributed by atoms with Gasteiger partial charge in [0.2, 0.25) is 0 Å². The summed E-state index contributed by atoms with van der Waals surface area (Å²) in [6.07, 6.45) is 6.60. The molecule has 0 aromatic rings. The van der Waals surface area contributed by atoms with Gasteiger partial charge in [0.15, 0.2) is 0 Å². The van der Waals surface area contributed by atoms with Crippen LogP contribution in [0.25, 0.3) is 0 Å². The van der Waals surface area contributed by atoms with E-state index in [1.54, 1.807) is 0 Å². The molecule has 0 aromatic carbocycles. The Balaban J connectivity index is 2.54. The van der Waals surface area contributed by atoms with Gasteiger partial charge in [0.1, 0.15) is 0 Å². The van der Waals surface area contributed by atoms with Crippen molar-refractivity contribution in [2.45, 2.75) is 69.8 Å². The van der Waals surface area contributed by atoms with Gasteiger partial charge in [-0.1, -0.05) is 40.5 Å². The molecular formula is C13H27NS. The van der Waals surface area contributed by atoms with Gasteiger partial charge in [0.25, 0.3) is 0 Å². The van der Waals surface area contributed by atoms with Crippen LogP contribution in [0.4, 0.5) is 0 Å². The van der Waals surface area contributed by atoms with Gasteiger partial charge >= 0.3 is 0 Å². The quantitative estimate of drug-likeness (QED) is 0.749. The fourth-order valence-electron chi connectivity index (χ4n) is 2.85. The zero-order valence-electron chi connectivity index (χ0n) is 10.8. The van der Waals surface area contributed by atoms with Crippen LogP contribution in [0.2, 0.25) is 0 Å². The highest BCUT2D eigenvalue weighted by Gasteiger charge is 2.52. The topological polar surface area (TPSA) is 26.0 Å². The number of rotatable bonds is 6. The maximum absolute atomic E-state index is 5.98. The predicted octanol–water partition coefficient (Wildman–Crippen LogP) is 3.82. The van der Waals surface area contributed by atoms with Crippen molar-refractivity contribution < 1.29 is 0 Å². The molecule has 0 aliphatic heterocycles. The van der Waals surface area contributed by atoms with Gasteiger partial charge in [-0.15, -0.1) is 0 Å². The first-order valence-electron chi connectivity index (χ1n) is 6.43. The van der Waals surface area contributed by atoms with Gasteiger partial charge in [-0.2, -0.15) is 11.8 Å². The zero-order valence-corrected chi connectivity index (χ0v) is 11.6. The van der Waals surface area contributed by atoms with Crippen molar-refractivity contribution in [1.82, 2.24) is 0 Å². The highest BCUT2D eigenvalue weighted by atomic mass is 32.2. The second-order valence-electron chi connectivity index (χ2n) is 5.28. The first-order chi connectivity index (χ1) is 7.05. The molecule has 1 aliphatic carbocycles. The van der Waals surface area contributed by atoms with Gasteiger partial charge < -0.3 is 5.73 Å². The van der Waals surface area contributed by atoms with E-state index in [2.05, 4.69) is 39.5 Å². The van der Waals surface area contributed by atoms with Gasteiger partial charge in [-0.05, 0) is 24.7 Å². The molecule has 1 saturated carbocycles. The maximum atomic E-state index is 5.98. The molecule has 90 valence electrons. The summed E-state index contributed by atoms with van der Waals surface area (Å²) in [4.78, 5) is 0. The van der Waals surface area contributed by atoms with Crippen LogP contribution in [-0.2, 0) is 0 Å². The van der Waals surface area contributed by atoms with Crippen molar-refractivity contribution in [3.8, 4) is 0 Å². The normalized spacial score (nSPS) is 24.6. The van der Waals surface area contributed by atoms with E-state index in [1.807, 2.05) is 0 Å². The lowest BCUT2D eigenvalue weighted by molar-refractivity contribution is 0.0747. The lowest BCUT2D eigenvalue weighted by Gasteiger charge is -2.56.